The normalized spacial score (nSPS) is 13.3. The molecule has 0 amide bonds. The van der Waals surface area contributed by atoms with Crippen molar-refractivity contribution in [3.8, 4) is 0 Å². The number of nitrogens with two attached hydrogens (primary N) is 1. The number of rotatable bonds is 3. The lowest BCUT2D eigenvalue weighted by Crippen LogP contribution is -2.11. The summed E-state index contributed by atoms with van der Waals surface area (Å²) in [6.45, 7) is 0.0979. The van der Waals surface area contributed by atoms with Crippen molar-refractivity contribution in [1.82, 2.24) is 0 Å². The molecule has 1 unspecified atom stereocenters. The maximum absolute atomic E-state index is 8.80. The van der Waals surface area contributed by atoms with Crippen LogP contribution < -0.4 is 5.73 Å². The summed E-state index contributed by atoms with van der Waals surface area (Å²) in [6, 6.07) is 7.61. The third-order valence-corrected chi connectivity index (χ3v) is 2.35. The first kappa shape index (κ1) is 9.24. The molecule has 2 rings (SSSR count). The van der Waals surface area contributed by atoms with Gasteiger partial charge in [-0.1, -0.05) is 18.2 Å². The van der Waals surface area contributed by atoms with E-state index in [0.29, 0.717) is 6.42 Å². The first-order chi connectivity index (χ1) is 6.83. The van der Waals surface area contributed by atoms with Crippen molar-refractivity contribution in [2.75, 3.05) is 6.61 Å². The summed E-state index contributed by atoms with van der Waals surface area (Å²) in [5.74, 6) is 0. The molecule has 0 aliphatic carbocycles. The van der Waals surface area contributed by atoms with E-state index in [-0.39, 0.29) is 12.6 Å². The molecule has 0 fully saturated rings. The molecule has 0 saturated carbocycles. The second-order valence-electron chi connectivity index (χ2n) is 3.31. The molecule has 0 spiro atoms. The Balaban J connectivity index is 2.42. The topological polar surface area (TPSA) is 59.4 Å². The van der Waals surface area contributed by atoms with Crippen molar-refractivity contribution < 1.29 is 9.52 Å². The fourth-order valence-electron chi connectivity index (χ4n) is 1.58. The predicted octanol–water partition coefficient (Wildman–Crippen LogP) is 1.81. The van der Waals surface area contributed by atoms with E-state index in [4.69, 9.17) is 15.3 Å². The summed E-state index contributed by atoms with van der Waals surface area (Å²) >= 11 is 0. The number of aliphatic hydroxyl groups is 1. The van der Waals surface area contributed by atoms with Crippen LogP contribution >= 0.6 is 0 Å². The van der Waals surface area contributed by atoms with Crippen LogP contribution in [0.25, 0.3) is 11.0 Å². The molecule has 1 aromatic heterocycles. The van der Waals surface area contributed by atoms with Crippen LogP contribution in [0.1, 0.15) is 18.0 Å². The van der Waals surface area contributed by atoms with Gasteiger partial charge in [0.1, 0.15) is 5.58 Å². The minimum Gasteiger partial charge on any atom is -0.464 e. The molecule has 0 bridgehead atoms. The molecule has 1 aromatic carbocycles. The third kappa shape index (κ3) is 1.52. The van der Waals surface area contributed by atoms with Gasteiger partial charge in [-0.05, 0) is 12.5 Å². The zero-order valence-corrected chi connectivity index (χ0v) is 7.81. The Morgan fingerprint density at radius 3 is 2.93 bits per heavy atom. The highest BCUT2D eigenvalue weighted by Gasteiger charge is 2.11. The molecule has 0 aliphatic rings. The first-order valence-electron chi connectivity index (χ1n) is 4.65. The van der Waals surface area contributed by atoms with E-state index in [1.165, 1.54) is 0 Å². The molecule has 2 aromatic rings. The number of furan rings is 1. The number of benzene rings is 1. The van der Waals surface area contributed by atoms with Crippen LogP contribution in [0, 0.1) is 0 Å². The van der Waals surface area contributed by atoms with E-state index in [2.05, 4.69) is 0 Å². The van der Waals surface area contributed by atoms with Crippen molar-refractivity contribution in [3.63, 3.8) is 0 Å². The van der Waals surface area contributed by atoms with Gasteiger partial charge in [-0.3, -0.25) is 0 Å². The van der Waals surface area contributed by atoms with Crippen LogP contribution in [0.15, 0.2) is 34.9 Å². The smallest absolute Gasteiger partial charge is 0.134 e. The minimum atomic E-state index is -0.149. The average molecular weight is 191 g/mol. The van der Waals surface area contributed by atoms with Crippen LogP contribution in [-0.4, -0.2) is 11.7 Å². The molecule has 3 nitrogen and oxygen atoms in total. The van der Waals surface area contributed by atoms with Crippen LogP contribution in [0.2, 0.25) is 0 Å². The van der Waals surface area contributed by atoms with Crippen LogP contribution in [0.5, 0.6) is 0 Å². The number of hydrogen-bond acceptors (Lipinski definition) is 3. The van der Waals surface area contributed by atoms with Crippen molar-refractivity contribution in [2.24, 2.45) is 5.73 Å². The summed E-state index contributed by atoms with van der Waals surface area (Å²) in [5, 5.41) is 9.83. The van der Waals surface area contributed by atoms with Crippen molar-refractivity contribution >= 4 is 11.0 Å². The Morgan fingerprint density at radius 1 is 1.36 bits per heavy atom. The third-order valence-electron chi connectivity index (χ3n) is 2.35. The highest BCUT2D eigenvalue weighted by atomic mass is 16.3. The minimum absolute atomic E-state index is 0.0979. The summed E-state index contributed by atoms with van der Waals surface area (Å²) < 4.78 is 5.35. The fourth-order valence-corrected chi connectivity index (χ4v) is 1.58. The maximum atomic E-state index is 8.80. The van der Waals surface area contributed by atoms with Gasteiger partial charge in [0.25, 0.3) is 0 Å². The molecule has 0 radical (unpaired) electrons. The van der Waals surface area contributed by atoms with Crippen LogP contribution in [0.4, 0.5) is 0 Å². The summed E-state index contributed by atoms with van der Waals surface area (Å²) in [4.78, 5) is 0. The van der Waals surface area contributed by atoms with Gasteiger partial charge < -0.3 is 15.3 Å². The van der Waals surface area contributed by atoms with Crippen LogP contribution in [0.3, 0.4) is 0 Å². The van der Waals surface area contributed by atoms with Gasteiger partial charge in [-0.15, -0.1) is 0 Å². The molecule has 14 heavy (non-hydrogen) atoms. The second kappa shape index (κ2) is 3.82. The number of hydrogen-bond donors (Lipinski definition) is 2. The van der Waals surface area contributed by atoms with E-state index < -0.39 is 0 Å². The quantitative estimate of drug-likeness (QED) is 0.777. The highest BCUT2D eigenvalue weighted by Crippen LogP contribution is 2.26. The van der Waals surface area contributed by atoms with E-state index >= 15 is 0 Å². The predicted molar refractivity (Wildman–Crippen MR) is 54.8 cm³/mol. The Morgan fingerprint density at radius 2 is 2.14 bits per heavy atom. The molecular weight excluding hydrogens is 178 g/mol. The van der Waals surface area contributed by atoms with Gasteiger partial charge >= 0.3 is 0 Å². The summed E-state index contributed by atoms with van der Waals surface area (Å²) in [7, 11) is 0. The fraction of sp³-hybridized carbons (Fsp3) is 0.273. The molecule has 1 heterocycles. The molecule has 0 aliphatic heterocycles. The molecule has 3 heteroatoms. The van der Waals surface area contributed by atoms with Crippen LogP contribution in [-0.2, 0) is 0 Å². The van der Waals surface area contributed by atoms with Crippen molar-refractivity contribution in [1.29, 1.82) is 0 Å². The van der Waals surface area contributed by atoms with E-state index in [0.717, 1.165) is 16.5 Å². The zero-order valence-electron chi connectivity index (χ0n) is 7.81. The standard InChI is InChI=1S/C11H13NO2/c12-10(5-6-13)9-7-14-11-4-2-1-3-8(9)11/h1-4,7,10,13H,5-6,12H2. The molecule has 74 valence electrons. The maximum Gasteiger partial charge on any atom is 0.134 e. The van der Waals surface area contributed by atoms with Gasteiger partial charge in [0, 0.05) is 23.6 Å². The Kier molecular flexibility index (Phi) is 2.52. The number of para-hydroxylation sites is 1. The van der Waals surface area contributed by atoms with Crippen molar-refractivity contribution in [3.05, 3.63) is 36.1 Å². The van der Waals surface area contributed by atoms with Gasteiger partial charge in [0.2, 0.25) is 0 Å². The number of aliphatic hydroxyl groups excluding tert-OH is 1. The lowest BCUT2D eigenvalue weighted by Gasteiger charge is -2.06. The lowest BCUT2D eigenvalue weighted by molar-refractivity contribution is 0.276. The van der Waals surface area contributed by atoms with Gasteiger partial charge in [0.15, 0.2) is 0 Å². The first-order valence-corrected chi connectivity index (χ1v) is 4.65. The Labute approximate surface area is 82.1 Å². The highest BCUT2D eigenvalue weighted by molar-refractivity contribution is 5.81. The van der Waals surface area contributed by atoms with Crippen molar-refractivity contribution in [2.45, 2.75) is 12.5 Å². The summed E-state index contributed by atoms with van der Waals surface area (Å²) in [6.07, 6.45) is 2.23. The SMILES string of the molecule is NC(CCO)c1coc2ccccc12. The average Bonchev–Trinajstić information content (AvgIpc) is 2.61. The molecular formula is C11H13NO2. The van der Waals surface area contributed by atoms with Gasteiger partial charge in [-0.2, -0.15) is 0 Å². The Bertz CT molecular complexity index is 422. The largest absolute Gasteiger partial charge is 0.464 e. The van der Waals surface area contributed by atoms with Gasteiger partial charge in [0.05, 0.1) is 6.26 Å². The van der Waals surface area contributed by atoms with E-state index in [9.17, 15) is 0 Å². The second-order valence-corrected chi connectivity index (χ2v) is 3.31. The monoisotopic (exact) mass is 191 g/mol. The summed E-state index contributed by atoms with van der Waals surface area (Å²) in [5.41, 5.74) is 7.71. The zero-order chi connectivity index (χ0) is 9.97. The molecule has 1 atom stereocenters. The molecule has 0 saturated heterocycles. The van der Waals surface area contributed by atoms with Gasteiger partial charge in [-0.25, -0.2) is 0 Å². The van der Waals surface area contributed by atoms with E-state index in [1.807, 2.05) is 24.3 Å². The molecule has 3 N–H and O–H groups in total. The van der Waals surface area contributed by atoms with E-state index in [1.54, 1.807) is 6.26 Å². The number of fused-ring (bicyclic) bond motifs is 1. The Hall–Kier alpha value is -1.32. The lowest BCUT2D eigenvalue weighted by atomic mass is 10.0.